The molecule has 0 aliphatic carbocycles. The maximum absolute atomic E-state index is 11.4. The van der Waals surface area contributed by atoms with Crippen molar-refractivity contribution in [2.24, 2.45) is 0 Å². The number of carbonyl (C=O) groups excluding carboxylic acids is 2. The zero-order valence-electron chi connectivity index (χ0n) is 10.5. The van der Waals surface area contributed by atoms with E-state index < -0.39 is 17.9 Å². The highest BCUT2D eigenvalue weighted by Crippen LogP contribution is 2.08. The Kier molecular flexibility index (Phi) is 5.72. The number of hydrogen-bond acceptors (Lipinski definition) is 4. The number of nitriles is 1. The Hall–Kier alpha value is -2.88. The number of nitrogens with zero attached hydrogens (tertiary/aromatic N) is 1. The quantitative estimate of drug-likeness (QED) is 0.751. The Morgan fingerprint density at radius 3 is 2.35 bits per heavy atom. The van der Waals surface area contributed by atoms with Gasteiger partial charge in [-0.3, -0.25) is 14.9 Å². The summed E-state index contributed by atoms with van der Waals surface area (Å²) in [5.41, 5.74) is 0.903. The number of amides is 3. The molecule has 0 atom stereocenters. The van der Waals surface area contributed by atoms with Crippen LogP contribution < -0.4 is 10.6 Å². The van der Waals surface area contributed by atoms with E-state index in [9.17, 15) is 14.4 Å². The monoisotopic (exact) mass is 275 g/mol. The average molecular weight is 275 g/mol. The van der Waals surface area contributed by atoms with Gasteiger partial charge in [0, 0.05) is 18.5 Å². The van der Waals surface area contributed by atoms with E-state index in [2.05, 4.69) is 10.6 Å². The summed E-state index contributed by atoms with van der Waals surface area (Å²) in [6.07, 6.45) is 0.0169. The second-order valence-electron chi connectivity index (χ2n) is 3.94. The first kappa shape index (κ1) is 15.2. The highest BCUT2D eigenvalue weighted by molar-refractivity contribution is 6.01. The molecule has 7 nitrogen and oxygen atoms in total. The van der Waals surface area contributed by atoms with Gasteiger partial charge in [0.2, 0.25) is 5.91 Å². The lowest BCUT2D eigenvalue weighted by Gasteiger charge is -2.06. The highest BCUT2D eigenvalue weighted by atomic mass is 16.4. The molecule has 7 heteroatoms. The van der Waals surface area contributed by atoms with Crippen LogP contribution in [0, 0.1) is 11.3 Å². The molecule has 0 spiro atoms. The van der Waals surface area contributed by atoms with Crippen LogP contribution in [0.1, 0.15) is 24.8 Å². The minimum absolute atomic E-state index is 0.0346. The maximum Gasteiger partial charge on any atom is 0.325 e. The van der Waals surface area contributed by atoms with Crippen LogP contribution in [0.3, 0.4) is 0 Å². The summed E-state index contributed by atoms with van der Waals surface area (Å²) in [7, 11) is 0. The number of carboxylic acids is 1. The van der Waals surface area contributed by atoms with E-state index in [-0.39, 0.29) is 19.3 Å². The molecule has 1 aromatic carbocycles. The average Bonchev–Trinajstić information content (AvgIpc) is 2.38. The molecule has 20 heavy (non-hydrogen) atoms. The van der Waals surface area contributed by atoms with E-state index >= 15 is 0 Å². The predicted molar refractivity (Wildman–Crippen MR) is 69.8 cm³/mol. The summed E-state index contributed by atoms with van der Waals surface area (Å²) in [4.78, 5) is 33.0. The standard InChI is InChI=1S/C13H13N3O4/c14-8-9-4-6-10(7-5-9)15-13(20)16-11(17)2-1-3-12(18)19/h4-7H,1-3H2,(H,18,19)(H2,15,16,17,20). The molecule has 0 unspecified atom stereocenters. The highest BCUT2D eigenvalue weighted by Gasteiger charge is 2.08. The maximum atomic E-state index is 11.4. The molecule has 0 bridgehead atoms. The molecule has 3 N–H and O–H groups in total. The van der Waals surface area contributed by atoms with Crippen molar-refractivity contribution in [2.45, 2.75) is 19.3 Å². The summed E-state index contributed by atoms with van der Waals surface area (Å²) in [5.74, 6) is -1.53. The zero-order chi connectivity index (χ0) is 15.0. The van der Waals surface area contributed by atoms with Gasteiger partial charge in [0.05, 0.1) is 11.6 Å². The van der Waals surface area contributed by atoms with Gasteiger partial charge in [-0.15, -0.1) is 0 Å². The number of nitrogens with one attached hydrogen (secondary N) is 2. The molecule has 0 heterocycles. The molecular weight excluding hydrogens is 262 g/mol. The van der Waals surface area contributed by atoms with E-state index in [0.29, 0.717) is 11.3 Å². The molecule has 0 saturated carbocycles. The fourth-order valence-electron chi connectivity index (χ4n) is 1.38. The van der Waals surface area contributed by atoms with Gasteiger partial charge in [-0.2, -0.15) is 5.26 Å². The lowest BCUT2D eigenvalue weighted by Crippen LogP contribution is -2.34. The molecule has 0 aromatic heterocycles. The molecule has 1 rings (SSSR count). The molecular formula is C13H13N3O4. The number of carbonyl (C=O) groups is 3. The topological polar surface area (TPSA) is 119 Å². The van der Waals surface area contributed by atoms with Crippen LogP contribution in [0.15, 0.2) is 24.3 Å². The first-order valence-corrected chi connectivity index (χ1v) is 5.84. The van der Waals surface area contributed by atoms with Crippen molar-refractivity contribution in [1.29, 1.82) is 5.26 Å². The molecule has 3 amide bonds. The normalized spacial score (nSPS) is 9.35. The Bertz CT molecular complexity index is 546. The molecule has 104 valence electrons. The SMILES string of the molecule is N#Cc1ccc(NC(=O)NC(=O)CCCC(=O)O)cc1. The van der Waals surface area contributed by atoms with Gasteiger partial charge in [0.15, 0.2) is 0 Å². The Morgan fingerprint density at radius 1 is 1.15 bits per heavy atom. The number of aliphatic carboxylic acids is 1. The molecule has 0 saturated heterocycles. The van der Waals surface area contributed by atoms with Crippen LogP contribution in [0.25, 0.3) is 0 Å². The first-order chi connectivity index (χ1) is 9.51. The summed E-state index contributed by atoms with van der Waals surface area (Å²) in [6, 6.07) is 7.38. The van der Waals surface area contributed by atoms with Gasteiger partial charge >= 0.3 is 12.0 Å². The number of imide groups is 1. The van der Waals surface area contributed by atoms with Crippen LogP contribution >= 0.6 is 0 Å². The number of hydrogen-bond donors (Lipinski definition) is 3. The van der Waals surface area contributed by atoms with E-state index in [4.69, 9.17) is 10.4 Å². The van der Waals surface area contributed by atoms with E-state index in [1.807, 2.05) is 6.07 Å². The minimum atomic E-state index is -0.986. The zero-order valence-corrected chi connectivity index (χ0v) is 10.5. The largest absolute Gasteiger partial charge is 0.481 e. The lowest BCUT2D eigenvalue weighted by atomic mass is 10.2. The van der Waals surface area contributed by atoms with E-state index in [1.165, 1.54) is 24.3 Å². The van der Waals surface area contributed by atoms with Gasteiger partial charge in [-0.05, 0) is 30.7 Å². The second kappa shape index (κ2) is 7.53. The number of urea groups is 1. The number of carboxylic acid groups (broad SMARTS) is 1. The fourth-order valence-corrected chi connectivity index (χ4v) is 1.38. The minimum Gasteiger partial charge on any atom is -0.481 e. The molecule has 0 aliphatic rings. The fraction of sp³-hybridized carbons (Fsp3) is 0.231. The first-order valence-electron chi connectivity index (χ1n) is 5.84. The van der Waals surface area contributed by atoms with Gasteiger partial charge in [-0.25, -0.2) is 4.79 Å². The van der Waals surface area contributed by atoms with Crippen LogP contribution in [0.5, 0.6) is 0 Å². The number of anilines is 1. The van der Waals surface area contributed by atoms with Crippen LogP contribution in [-0.2, 0) is 9.59 Å². The molecule has 1 aromatic rings. The van der Waals surface area contributed by atoms with Crippen molar-refractivity contribution >= 4 is 23.6 Å². The second-order valence-corrected chi connectivity index (χ2v) is 3.94. The third kappa shape index (κ3) is 5.64. The third-order valence-corrected chi connectivity index (χ3v) is 2.32. The summed E-state index contributed by atoms with van der Waals surface area (Å²) in [6.45, 7) is 0. The van der Waals surface area contributed by atoms with Gasteiger partial charge in [-0.1, -0.05) is 0 Å². The van der Waals surface area contributed by atoms with Crippen molar-refractivity contribution in [3.8, 4) is 6.07 Å². The predicted octanol–water partition coefficient (Wildman–Crippen LogP) is 1.46. The van der Waals surface area contributed by atoms with Crippen LogP contribution in [-0.4, -0.2) is 23.0 Å². The van der Waals surface area contributed by atoms with Crippen molar-refractivity contribution in [2.75, 3.05) is 5.32 Å². The molecule has 0 fully saturated rings. The Balaban J connectivity index is 2.37. The van der Waals surface area contributed by atoms with Crippen LogP contribution in [0.2, 0.25) is 0 Å². The number of benzene rings is 1. The molecule has 0 aliphatic heterocycles. The van der Waals surface area contributed by atoms with Crippen molar-refractivity contribution in [3.63, 3.8) is 0 Å². The van der Waals surface area contributed by atoms with Crippen molar-refractivity contribution in [3.05, 3.63) is 29.8 Å². The summed E-state index contributed by atoms with van der Waals surface area (Å²) < 4.78 is 0. The van der Waals surface area contributed by atoms with Crippen molar-refractivity contribution in [1.82, 2.24) is 5.32 Å². The Labute approximate surface area is 115 Å². The third-order valence-electron chi connectivity index (χ3n) is 2.32. The summed E-state index contributed by atoms with van der Waals surface area (Å²) in [5, 5.41) is 21.5. The number of rotatable bonds is 5. The van der Waals surface area contributed by atoms with Gasteiger partial charge in [0.25, 0.3) is 0 Å². The van der Waals surface area contributed by atoms with Crippen LogP contribution in [0.4, 0.5) is 10.5 Å². The van der Waals surface area contributed by atoms with Gasteiger partial charge in [0.1, 0.15) is 0 Å². The lowest BCUT2D eigenvalue weighted by molar-refractivity contribution is -0.137. The Morgan fingerprint density at radius 2 is 1.80 bits per heavy atom. The van der Waals surface area contributed by atoms with Crippen molar-refractivity contribution < 1.29 is 19.5 Å². The van der Waals surface area contributed by atoms with Gasteiger partial charge < -0.3 is 10.4 Å². The van der Waals surface area contributed by atoms with E-state index in [0.717, 1.165) is 0 Å². The molecule has 0 radical (unpaired) electrons. The van der Waals surface area contributed by atoms with E-state index in [1.54, 1.807) is 0 Å². The summed E-state index contributed by atoms with van der Waals surface area (Å²) >= 11 is 0. The smallest absolute Gasteiger partial charge is 0.325 e.